The Morgan fingerprint density at radius 2 is 2.24 bits per heavy atom. The predicted molar refractivity (Wildman–Crippen MR) is 63.1 cm³/mol. The minimum absolute atomic E-state index is 0.496. The standard InChI is InChI=1S/C11H19N3O3/c1-7-9(10(17-5)14(4)12-7)6-13(3)8(2)11(15)16/h8H,6H2,1-5H3,(H,15,16). The molecule has 1 aromatic rings. The summed E-state index contributed by atoms with van der Waals surface area (Å²) in [5.74, 6) is -0.167. The first kappa shape index (κ1) is 13.5. The highest BCUT2D eigenvalue weighted by Gasteiger charge is 2.21. The van der Waals surface area contributed by atoms with E-state index in [0.717, 1.165) is 11.3 Å². The fraction of sp³-hybridized carbons (Fsp3) is 0.636. The Morgan fingerprint density at radius 1 is 1.65 bits per heavy atom. The van der Waals surface area contributed by atoms with Gasteiger partial charge in [-0.05, 0) is 20.9 Å². The Hall–Kier alpha value is -1.56. The molecule has 0 aliphatic rings. The number of aromatic nitrogens is 2. The molecule has 0 amide bonds. The highest BCUT2D eigenvalue weighted by atomic mass is 16.5. The van der Waals surface area contributed by atoms with Crippen molar-refractivity contribution in [2.75, 3.05) is 14.2 Å². The summed E-state index contributed by atoms with van der Waals surface area (Å²) < 4.78 is 6.92. The molecule has 0 saturated carbocycles. The van der Waals surface area contributed by atoms with Crippen molar-refractivity contribution < 1.29 is 14.6 Å². The number of aryl methyl sites for hydroxylation is 2. The fourth-order valence-electron chi connectivity index (χ4n) is 1.69. The van der Waals surface area contributed by atoms with Crippen molar-refractivity contribution in [3.8, 4) is 5.88 Å². The number of likely N-dealkylation sites (N-methyl/N-ethyl adjacent to an activating group) is 1. The molecule has 0 radical (unpaired) electrons. The van der Waals surface area contributed by atoms with Crippen LogP contribution in [-0.4, -0.2) is 46.0 Å². The maximum absolute atomic E-state index is 10.9. The van der Waals surface area contributed by atoms with Crippen molar-refractivity contribution in [1.29, 1.82) is 0 Å². The molecule has 0 aliphatic heterocycles. The van der Waals surface area contributed by atoms with Gasteiger partial charge >= 0.3 is 5.97 Å². The number of rotatable bonds is 5. The predicted octanol–water partition coefficient (Wildman–Crippen LogP) is 0.642. The van der Waals surface area contributed by atoms with Gasteiger partial charge in [-0.15, -0.1) is 0 Å². The Labute approximate surface area is 101 Å². The second-order valence-electron chi connectivity index (χ2n) is 4.13. The van der Waals surface area contributed by atoms with Gasteiger partial charge in [-0.1, -0.05) is 0 Å². The van der Waals surface area contributed by atoms with Crippen LogP contribution in [-0.2, 0) is 18.4 Å². The number of carboxylic acids is 1. The third-order valence-corrected chi connectivity index (χ3v) is 2.91. The van der Waals surface area contributed by atoms with Crippen LogP contribution in [0.15, 0.2) is 0 Å². The van der Waals surface area contributed by atoms with Crippen molar-refractivity contribution >= 4 is 5.97 Å². The summed E-state index contributed by atoms with van der Waals surface area (Å²) in [6.45, 7) is 4.04. The van der Waals surface area contributed by atoms with E-state index in [1.54, 1.807) is 37.7 Å². The Balaban J connectivity index is 2.91. The van der Waals surface area contributed by atoms with E-state index in [1.807, 2.05) is 6.92 Å². The highest BCUT2D eigenvalue weighted by Crippen LogP contribution is 2.22. The first-order valence-corrected chi connectivity index (χ1v) is 5.38. The van der Waals surface area contributed by atoms with E-state index in [9.17, 15) is 4.79 Å². The monoisotopic (exact) mass is 241 g/mol. The number of ether oxygens (including phenoxy) is 1. The maximum atomic E-state index is 10.9. The lowest BCUT2D eigenvalue weighted by Gasteiger charge is -2.21. The average molecular weight is 241 g/mol. The molecule has 1 N–H and O–H groups in total. The summed E-state index contributed by atoms with van der Waals surface area (Å²) in [7, 11) is 5.15. The summed E-state index contributed by atoms with van der Waals surface area (Å²) in [5, 5.41) is 13.2. The molecule has 1 rings (SSSR count). The molecular formula is C11H19N3O3. The molecule has 0 aromatic carbocycles. The normalized spacial score (nSPS) is 12.8. The van der Waals surface area contributed by atoms with E-state index in [2.05, 4.69) is 5.10 Å². The van der Waals surface area contributed by atoms with Crippen molar-refractivity contribution in [3.05, 3.63) is 11.3 Å². The maximum Gasteiger partial charge on any atom is 0.320 e. The zero-order chi connectivity index (χ0) is 13.2. The number of carboxylic acid groups (broad SMARTS) is 1. The van der Waals surface area contributed by atoms with Crippen LogP contribution in [0.5, 0.6) is 5.88 Å². The van der Waals surface area contributed by atoms with Crippen LogP contribution in [0.4, 0.5) is 0 Å². The molecule has 17 heavy (non-hydrogen) atoms. The second-order valence-corrected chi connectivity index (χ2v) is 4.13. The van der Waals surface area contributed by atoms with Gasteiger partial charge in [-0.3, -0.25) is 9.69 Å². The van der Waals surface area contributed by atoms with Crippen LogP contribution in [0.1, 0.15) is 18.2 Å². The smallest absolute Gasteiger partial charge is 0.320 e. The molecule has 1 atom stereocenters. The molecule has 0 saturated heterocycles. The third kappa shape index (κ3) is 2.76. The van der Waals surface area contributed by atoms with Crippen LogP contribution in [0, 0.1) is 6.92 Å². The Bertz CT molecular complexity index is 414. The van der Waals surface area contributed by atoms with Crippen LogP contribution >= 0.6 is 0 Å². The quantitative estimate of drug-likeness (QED) is 0.819. The molecule has 6 nitrogen and oxygen atoms in total. The lowest BCUT2D eigenvalue weighted by molar-refractivity contribution is -0.142. The summed E-state index contributed by atoms with van der Waals surface area (Å²) >= 11 is 0. The van der Waals surface area contributed by atoms with Gasteiger partial charge in [0.05, 0.1) is 18.4 Å². The largest absolute Gasteiger partial charge is 0.481 e. The van der Waals surface area contributed by atoms with Crippen molar-refractivity contribution in [2.24, 2.45) is 7.05 Å². The fourth-order valence-corrected chi connectivity index (χ4v) is 1.69. The third-order valence-electron chi connectivity index (χ3n) is 2.91. The van der Waals surface area contributed by atoms with E-state index in [4.69, 9.17) is 9.84 Å². The highest BCUT2D eigenvalue weighted by molar-refractivity contribution is 5.72. The van der Waals surface area contributed by atoms with E-state index in [-0.39, 0.29) is 0 Å². The first-order valence-electron chi connectivity index (χ1n) is 5.38. The molecule has 0 aliphatic carbocycles. The van der Waals surface area contributed by atoms with Gasteiger partial charge in [0.15, 0.2) is 0 Å². The molecule has 0 spiro atoms. The Kier molecular flexibility index (Phi) is 4.11. The van der Waals surface area contributed by atoms with Crippen molar-refractivity contribution in [3.63, 3.8) is 0 Å². The number of hydrogen-bond donors (Lipinski definition) is 1. The van der Waals surface area contributed by atoms with Gasteiger partial charge in [0.25, 0.3) is 0 Å². The van der Waals surface area contributed by atoms with Gasteiger partial charge < -0.3 is 9.84 Å². The molecule has 1 unspecified atom stereocenters. The lowest BCUT2D eigenvalue weighted by Crippen LogP contribution is -2.35. The molecule has 6 heteroatoms. The Morgan fingerprint density at radius 3 is 2.71 bits per heavy atom. The van der Waals surface area contributed by atoms with Crippen LogP contribution in [0.25, 0.3) is 0 Å². The zero-order valence-corrected chi connectivity index (χ0v) is 10.9. The van der Waals surface area contributed by atoms with Gasteiger partial charge in [-0.25, -0.2) is 4.68 Å². The van der Waals surface area contributed by atoms with E-state index >= 15 is 0 Å². The first-order chi connectivity index (χ1) is 7.88. The second kappa shape index (κ2) is 5.18. The van der Waals surface area contributed by atoms with Crippen LogP contribution in [0.3, 0.4) is 0 Å². The van der Waals surface area contributed by atoms with Crippen LogP contribution < -0.4 is 4.74 Å². The molecular weight excluding hydrogens is 222 g/mol. The molecule has 1 aromatic heterocycles. The van der Waals surface area contributed by atoms with E-state index < -0.39 is 12.0 Å². The number of nitrogens with zero attached hydrogens (tertiary/aromatic N) is 3. The van der Waals surface area contributed by atoms with Crippen molar-refractivity contribution in [1.82, 2.24) is 14.7 Å². The minimum atomic E-state index is -0.840. The topological polar surface area (TPSA) is 67.6 Å². The molecule has 0 bridgehead atoms. The summed E-state index contributed by atoms with van der Waals surface area (Å²) in [6.07, 6.45) is 0. The van der Waals surface area contributed by atoms with E-state index in [1.165, 1.54) is 0 Å². The average Bonchev–Trinajstić information content (AvgIpc) is 2.52. The van der Waals surface area contributed by atoms with Crippen LogP contribution in [0.2, 0.25) is 0 Å². The number of carbonyl (C=O) groups is 1. The lowest BCUT2D eigenvalue weighted by atomic mass is 10.2. The number of methoxy groups -OCH3 is 1. The SMILES string of the molecule is COc1c(CN(C)C(C)C(=O)O)c(C)nn1C. The van der Waals surface area contributed by atoms with Gasteiger partial charge in [0.1, 0.15) is 6.04 Å². The molecule has 0 fully saturated rings. The van der Waals surface area contributed by atoms with Gasteiger partial charge in [0.2, 0.25) is 5.88 Å². The van der Waals surface area contributed by atoms with Crippen molar-refractivity contribution in [2.45, 2.75) is 26.4 Å². The summed E-state index contributed by atoms with van der Waals surface area (Å²) in [5.41, 5.74) is 1.78. The molecule has 1 heterocycles. The molecule has 96 valence electrons. The summed E-state index contributed by atoms with van der Waals surface area (Å²) in [4.78, 5) is 12.6. The van der Waals surface area contributed by atoms with Gasteiger partial charge in [-0.2, -0.15) is 5.10 Å². The number of hydrogen-bond acceptors (Lipinski definition) is 4. The minimum Gasteiger partial charge on any atom is -0.481 e. The summed E-state index contributed by atoms with van der Waals surface area (Å²) in [6, 6.07) is -0.542. The number of aliphatic carboxylic acids is 1. The van der Waals surface area contributed by atoms with Gasteiger partial charge in [0, 0.05) is 13.6 Å². The van der Waals surface area contributed by atoms with E-state index in [0.29, 0.717) is 12.4 Å². The zero-order valence-electron chi connectivity index (χ0n) is 10.9.